The van der Waals surface area contributed by atoms with Gasteiger partial charge in [-0.2, -0.15) is 0 Å². The second kappa shape index (κ2) is 6.30. The van der Waals surface area contributed by atoms with Gasteiger partial charge in [0.15, 0.2) is 0 Å². The lowest BCUT2D eigenvalue weighted by Crippen LogP contribution is -2.29. The molecule has 1 heterocycles. The highest BCUT2D eigenvalue weighted by atomic mass is 19.1. The number of ether oxygens (including phenoxy) is 1. The highest BCUT2D eigenvalue weighted by Crippen LogP contribution is 2.31. The van der Waals surface area contributed by atoms with E-state index < -0.39 is 0 Å². The van der Waals surface area contributed by atoms with E-state index in [2.05, 4.69) is 19.2 Å². The summed E-state index contributed by atoms with van der Waals surface area (Å²) in [6.07, 6.45) is 2.43. The second-order valence-electron chi connectivity index (χ2n) is 5.13. The lowest BCUT2D eigenvalue weighted by Gasteiger charge is -2.24. The molecule has 0 aliphatic carbocycles. The minimum Gasteiger partial charge on any atom is -0.378 e. The zero-order chi connectivity index (χ0) is 13.0. The molecule has 0 bridgehead atoms. The molecule has 1 aliphatic heterocycles. The summed E-state index contributed by atoms with van der Waals surface area (Å²) in [5.41, 5.74) is 1.03. The van der Waals surface area contributed by atoms with Gasteiger partial charge in [0.25, 0.3) is 0 Å². The summed E-state index contributed by atoms with van der Waals surface area (Å²) in [5, 5.41) is 3.53. The molecule has 2 nitrogen and oxygen atoms in total. The van der Waals surface area contributed by atoms with E-state index in [4.69, 9.17) is 4.74 Å². The first-order valence-corrected chi connectivity index (χ1v) is 6.81. The molecule has 0 amide bonds. The molecule has 0 saturated carbocycles. The predicted octanol–water partition coefficient (Wildman–Crippen LogP) is 3.29. The SMILES string of the molecule is CCCNC(c1cccc(F)c1)C1COC(C)C1. The van der Waals surface area contributed by atoms with Crippen LogP contribution in [0, 0.1) is 11.7 Å². The average Bonchev–Trinajstić information content (AvgIpc) is 2.76. The Labute approximate surface area is 109 Å². The van der Waals surface area contributed by atoms with Crippen LogP contribution in [0.4, 0.5) is 4.39 Å². The van der Waals surface area contributed by atoms with Crippen molar-refractivity contribution in [2.75, 3.05) is 13.2 Å². The maximum absolute atomic E-state index is 13.4. The van der Waals surface area contributed by atoms with Gasteiger partial charge in [-0.3, -0.25) is 0 Å². The number of hydrogen-bond donors (Lipinski definition) is 1. The van der Waals surface area contributed by atoms with Gasteiger partial charge in [0, 0.05) is 12.0 Å². The van der Waals surface area contributed by atoms with Gasteiger partial charge in [-0.1, -0.05) is 19.1 Å². The fraction of sp³-hybridized carbons (Fsp3) is 0.600. The third-order valence-corrected chi connectivity index (χ3v) is 3.52. The van der Waals surface area contributed by atoms with Gasteiger partial charge in [0.2, 0.25) is 0 Å². The summed E-state index contributed by atoms with van der Waals surface area (Å²) in [4.78, 5) is 0. The fourth-order valence-electron chi connectivity index (χ4n) is 2.64. The first kappa shape index (κ1) is 13.5. The molecule has 3 heteroatoms. The van der Waals surface area contributed by atoms with E-state index in [0.29, 0.717) is 12.0 Å². The molecule has 1 saturated heterocycles. The van der Waals surface area contributed by atoms with E-state index in [0.717, 1.165) is 31.6 Å². The summed E-state index contributed by atoms with van der Waals surface area (Å²) in [7, 11) is 0. The number of hydrogen-bond acceptors (Lipinski definition) is 2. The second-order valence-corrected chi connectivity index (χ2v) is 5.13. The first-order valence-electron chi connectivity index (χ1n) is 6.81. The van der Waals surface area contributed by atoms with Gasteiger partial charge < -0.3 is 10.1 Å². The Hall–Kier alpha value is -0.930. The molecule has 1 aromatic rings. The third kappa shape index (κ3) is 3.30. The third-order valence-electron chi connectivity index (χ3n) is 3.52. The van der Waals surface area contributed by atoms with Crippen molar-refractivity contribution >= 4 is 0 Å². The molecule has 0 spiro atoms. The van der Waals surface area contributed by atoms with Crippen molar-refractivity contribution in [3.63, 3.8) is 0 Å². The quantitative estimate of drug-likeness (QED) is 0.867. The standard InChI is InChI=1S/C15H22FNO/c1-3-7-17-15(13-8-11(2)18-10-13)12-5-4-6-14(16)9-12/h4-6,9,11,13,15,17H,3,7-8,10H2,1-2H3. The van der Waals surface area contributed by atoms with Gasteiger partial charge in [-0.15, -0.1) is 0 Å². The summed E-state index contributed by atoms with van der Waals surface area (Å²) >= 11 is 0. The largest absolute Gasteiger partial charge is 0.378 e. The van der Waals surface area contributed by atoms with E-state index in [1.54, 1.807) is 12.1 Å². The van der Waals surface area contributed by atoms with E-state index in [1.165, 1.54) is 6.07 Å². The van der Waals surface area contributed by atoms with Crippen molar-refractivity contribution in [3.05, 3.63) is 35.6 Å². The minimum atomic E-state index is -0.164. The molecule has 2 rings (SSSR count). The number of nitrogens with one attached hydrogen (secondary N) is 1. The average molecular weight is 251 g/mol. The van der Waals surface area contributed by atoms with Gasteiger partial charge >= 0.3 is 0 Å². The number of benzene rings is 1. The van der Waals surface area contributed by atoms with Crippen LogP contribution in [-0.2, 0) is 4.74 Å². The van der Waals surface area contributed by atoms with Crippen molar-refractivity contribution in [2.45, 2.75) is 38.8 Å². The Morgan fingerprint density at radius 3 is 2.94 bits per heavy atom. The number of halogens is 1. The summed E-state index contributed by atoms with van der Waals surface area (Å²) in [6.45, 7) is 5.96. The Bertz CT molecular complexity index is 383. The Morgan fingerprint density at radius 1 is 1.50 bits per heavy atom. The molecule has 0 radical (unpaired) electrons. The van der Waals surface area contributed by atoms with Gasteiger partial charge in [-0.05, 0) is 44.0 Å². The lowest BCUT2D eigenvalue weighted by atomic mass is 9.91. The van der Waals surface area contributed by atoms with Crippen molar-refractivity contribution in [1.29, 1.82) is 0 Å². The monoisotopic (exact) mass is 251 g/mol. The van der Waals surface area contributed by atoms with Crippen molar-refractivity contribution in [2.24, 2.45) is 5.92 Å². The van der Waals surface area contributed by atoms with Gasteiger partial charge in [0.05, 0.1) is 12.7 Å². The van der Waals surface area contributed by atoms with E-state index in [-0.39, 0.29) is 11.9 Å². The fourth-order valence-corrected chi connectivity index (χ4v) is 2.64. The van der Waals surface area contributed by atoms with Crippen LogP contribution in [0.5, 0.6) is 0 Å². The maximum atomic E-state index is 13.4. The normalized spacial score (nSPS) is 25.3. The Morgan fingerprint density at radius 2 is 2.33 bits per heavy atom. The van der Waals surface area contributed by atoms with Gasteiger partial charge in [-0.25, -0.2) is 4.39 Å². The van der Waals surface area contributed by atoms with E-state index in [9.17, 15) is 4.39 Å². The Balaban J connectivity index is 2.14. The van der Waals surface area contributed by atoms with Crippen LogP contribution in [0.1, 0.15) is 38.3 Å². The predicted molar refractivity (Wildman–Crippen MR) is 71.0 cm³/mol. The van der Waals surface area contributed by atoms with Crippen LogP contribution in [-0.4, -0.2) is 19.3 Å². The molecule has 100 valence electrons. The zero-order valence-electron chi connectivity index (χ0n) is 11.2. The molecular formula is C15H22FNO. The maximum Gasteiger partial charge on any atom is 0.123 e. The highest BCUT2D eigenvalue weighted by Gasteiger charge is 2.30. The molecule has 1 fully saturated rings. The Kier molecular flexibility index (Phi) is 4.72. The van der Waals surface area contributed by atoms with Crippen molar-refractivity contribution in [3.8, 4) is 0 Å². The van der Waals surface area contributed by atoms with Crippen LogP contribution in [0.15, 0.2) is 24.3 Å². The van der Waals surface area contributed by atoms with Crippen molar-refractivity contribution in [1.82, 2.24) is 5.32 Å². The summed E-state index contributed by atoms with van der Waals surface area (Å²) < 4.78 is 19.0. The molecule has 1 N–H and O–H groups in total. The van der Waals surface area contributed by atoms with Crippen molar-refractivity contribution < 1.29 is 9.13 Å². The van der Waals surface area contributed by atoms with E-state index in [1.807, 2.05) is 6.07 Å². The number of rotatable bonds is 5. The minimum absolute atomic E-state index is 0.164. The van der Waals surface area contributed by atoms with Crippen LogP contribution in [0.2, 0.25) is 0 Å². The molecule has 0 aromatic heterocycles. The van der Waals surface area contributed by atoms with Gasteiger partial charge in [0.1, 0.15) is 5.82 Å². The highest BCUT2D eigenvalue weighted by molar-refractivity contribution is 5.21. The molecule has 3 atom stereocenters. The zero-order valence-corrected chi connectivity index (χ0v) is 11.2. The smallest absolute Gasteiger partial charge is 0.123 e. The van der Waals surface area contributed by atoms with Crippen LogP contribution in [0.3, 0.4) is 0 Å². The molecular weight excluding hydrogens is 229 g/mol. The first-order chi connectivity index (χ1) is 8.70. The van der Waals surface area contributed by atoms with Crippen LogP contribution < -0.4 is 5.32 Å². The summed E-state index contributed by atoms with van der Waals surface area (Å²) in [6, 6.07) is 7.11. The molecule has 1 aromatic carbocycles. The molecule has 1 aliphatic rings. The lowest BCUT2D eigenvalue weighted by molar-refractivity contribution is 0.117. The topological polar surface area (TPSA) is 21.3 Å². The molecule has 3 unspecified atom stereocenters. The summed E-state index contributed by atoms with van der Waals surface area (Å²) in [5.74, 6) is 0.274. The van der Waals surface area contributed by atoms with Crippen LogP contribution >= 0.6 is 0 Å². The van der Waals surface area contributed by atoms with E-state index >= 15 is 0 Å². The molecule has 18 heavy (non-hydrogen) atoms. The van der Waals surface area contributed by atoms with Crippen LogP contribution in [0.25, 0.3) is 0 Å².